The number of carbonyl (C=O) groups is 1. The molecule has 22 heavy (non-hydrogen) atoms. The molecule has 0 rings (SSSR count). The Labute approximate surface area is 137 Å². The highest BCUT2D eigenvalue weighted by atomic mass is 16.1. The summed E-state index contributed by atoms with van der Waals surface area (Å²) in [6.07, 6.45) is 28.8. The molecule has 0 aliphatic heterocycles. The summed E-state index contributed by atoms with van der Waals surface area (Å²) in [6, 6.07) is 0. The molecule has 0 saturated carbocycles. The Morgan fingerprint density at radius 3 is 1.68 bits per heavy atom. The minimum atomic E-state index is 0.264. The fraction of sp³-hybridized carbons (Fsp3) is 0.571. The lowest BCUT2D eigenvalue weighted by molar-refractivity contribution is -0.116. The van der Waals surface area contributed by atoms with Crippen molar-refractivity contribution in [2.24, 2.45) is 0 Å². The Balaban J connectivity index is 3.40. The van der Waals surface area contributed by atoms with Gasteiger partial charge < -0.3 is 4.79 Å². The van der Waals surface area contributed by atoms with Crippen LogP contribution in [0.5, 0.6) is 0 Å². The van der Waals surface area contributed by atoms with E-state index in [4.69, 9.17) is 0 Å². The van der Waals surface area contributed by atoms with Gasteiger partial charge in [-0.15, -0.1) is 0 Å². The first kappa shape index (κ1) is 20.6. The maximum Gasteiger partial charge on any atom is 0.130 e. The monoisotopic (exact) mass is 302 g/mol. The summed E-state index contributed by atoms with van der Waals surface area (Å²) < 4.78 is 0. The van der Waals surface area contributed by atoms with Gasteiger partial charge in [-0.1, -0.05) is 74.8 Å². The van der Waals surface area contributed by atoms with Gasteiger partial charge >= 0.3 is 0 Å². The van der Waals surface area contributed by atoms with Crippen molar-refractivity contribution in [3.8, 4) is 0 Å². The van der Waals surface area contributed by atoms with E-state index in [-0.39, 0.29) is 5.78 Å². The van der Waals surface area contributed by atoms with Crippen molar-refractivity contribution in [3.05, 3.63) is 48.6 Å². The van der Waals surface area contributed by atoms with Gasteiger partial charge in [0.1, 0.15) is 5.78 Å². The van der Waals surface area contributed by atoms with Crippen LogP contribution in [0.15, 0.2) is 48.6 Å². The topological polar surface area (TPSA) is 17.1 Å². The third-order valence-corrected chi connectivity index (χ3v) is 3.37. The van der Waals surface area contributed by atoms with Gasteiger partial charge in [-0.2, -0.15) is 0 Å². The first-order valence-corrected chi connectivity index (χ1v) is 8.86. The Kier molecular flexibility index (Phi) is 16.6. The van der Waals surface area contributed by atoms with Crippen molar-refractivity contribution in [1.82, 2.24) is 0 Å². The molecule has 0 atom stereocenters. The lowest BCUT2D eigenvalue weighted by atomic mass is 10.1. The molecular formula is C21H34O. The maximum absolute atomic E-state index is 10.7. The number of ketones is 1. The first-order valence-electron chi connectivity index (χ1n) is 8.86. The van der Waals surface area contributed by atoms with Crippen molar-refractivity contribution in [1.29, 1.82) is 0 Å². The van der Waals surface area contributed by atoms with E-state index in [1.807, 2.05) is 0 Å². The molecule has 0 aliphatic carbocycles. The van der Waals surface area contributed by atoms with Crippen LogP contribution in [0.1, 0.15) is 78.1 Å². The van der Waals surface area contributed by atoms with Crippen molar-refractivity contribution in [2.75, 3.05) is 0 Å². The zero-order valence-corrected chi connectivity index (χ0v) is 14.6. The minimum absolute atomic E-state index is 0.264. The second kappa shape index (κ2) is 17.7. The Morgan fingerprint density at radius 2 is 1.18 bits per heavy atom. The summed E-state index contributed by atoms with van der Waals surface area (Å²) in [4.78, 5) is 10.7. The van der Waals surface area contributed by atoms with Gasteiger partial charge in [0.2, 0.25) is 0 Å². The SMILES string of the molecule is CCCCCC/C=C\C/C=C\C/C=C\C/C=C\CCC(C)=O. The first-order chi connectivity index (χ1) is 10.8. The van der Waals surface area contributed by atoms with E-state index in [9.17, 15) is 4.79 Å². The van der Waals surface area contributed by atoms with E-state index in [0.29, 0.717) is 6.42 Å². The molecule has 0 spiro atoms. The highest BCUT2D eigenvalue weighted by Crippen LogP contribution is 2.03. The molecule has 124 valence electrons. The largest absolute Gasteiger partial charge is 0.300 e. The highest BCUT2D eigenvalue weighted by Gasteiger charge is 1.87. The number of unbranched alkanes of at least 4 members (excludes halogenated alkanes) is 4. The Morgan fingerprint density at radius 1 is 0.682 bits per heavy atom. The van der Waals surface area contributed by atoms with Gasteiger partial charge in [0.05, 0.1) is 0 Å². The van der Waals surface area contributed by atoms with Crippen LogP contribution in [0.2, 0.25) is 0 Å². The van der Waals surface area contributed by atoms with E-state index in [1.54, 1.807) is 6.92 Å². The van der Waals surface area contributed by atoms with Gasteiger partial charge in [-0.25, -0.2) is 0 Å². The fourth-order valence-electron chi connectivity index (χ4n) is 2.02. The second-order valence-electron chi connectivity index (χ2n) is 5.68. The third kappa shape index (κ3) is 18.6. The molecule has 0 saturated heterocycles. The molecular weight excluding hydrogens is 268 g/mol. The molecule has 0 fully saturated rings. The van der Waals surface area contributed by atoms with Crippen LogP contribution in [-0.2, 0) is 4.79 Å². The van der Waals surface area contributed by atoms with Crippen LogP contribution >= 0.6 is 0 Å². The molecule has 0 aromatic rings. The summed E-state index contributed by atoms with van der Waals surface area (Å²) in [6.45, 7) is 3.89. The number of hydrogen-bond donors (Lipinski definition) is 0. The zero-order chi connectivity index (χ0) is 16.3. The summed E-state index contributed by atoms with van der Waals surface area (Å²) in [7, 11) is 0. The summed E-state index contributed by atoms with van der Waals surface area (Å²) >= 11 is 0. The molecule has 0 amide bonds. The van der Waals surface area contributed by atoms with Crippen LogP contribution in [0, 0.1) is 0 Å². The highest BCUT2D eigenvalue weighted by molar-refractivity contribution is 5.75. The van der Waals surface area contributed by atoms with Crippen LogP contribution in [0.4, 0.5) is 0 Å². The molecule has 1 heteroatoms. The normalized spacial score (nSPS) is 12.5. The van der Waals surface area contributed by atoms with Crippen LogP contribution in [0.25, 0.3) is 0 Å². The van der Waals surface area contributed by atoms with Crippen molar-refractivity contribution >= 4 is 5.78 Å². The number of Topliss-reactive ketones (excluding diaryl/α,β-unsaturated/α-hetero) is 1. The van der Waals surface area contributed by atoms with E-state index < -0.39 is 0 Å². The van der Waals surface area contributed by atoms with Gasteiger partial charge in [-0.3, -0.25) is 0 Å². The lowest BCUT2D eigenvalue weighted by Crippen LogP contribution is -1.85. The van der Waals surface area contributed by atoms with Crippen LogP contribution < -0.4 is 0 Å². The predicted molar refractivity (Wildman–Crippen MR) is 99.1 cm³/mol. The van der Waals surface area contributed by atoms with Crippen molar-refractivity contribution in [2.45, 2.75) is 78.1 Å². The molecule has 0 aromatic heterocycles. The van der Waals surface area contributed by atoms with E-state index in [2.05, 4.69) is 55.5 Å². The van der Waals surface area contributed by atoms with Gasteiger partial charge in [0.15, 0.2) is 0 Å². The Bertz CT molecular complexity index is 358. The second-order valence-corrected chi connectivity index (χ2v) is 5.68. The third-order valence-electron chi connectivity index (χ3n) is 3.37. The average Bonchev–Trinajstić information content (AvgIpc) is 2.50. The van der Waals surface area contributed by atoms with Crippen LogP contribution in [0.3, 0.4) is 0 Å². The summed E-state index contributed by atoms with van der Waals surface area (Å²) in [5, 5.41) is 0. The molecule has 0 radical (unpaired) electrons. The quantitative estimate of drug-likeness (QED) is 0.257. The molecule has 0 aliphatic rings. The molecule has 0 N–H and O–H groups in total. The fourth-order valence-corrected chi connectivity index (χ4v) is 2.02. The molecule has 0 heterocycles. The van der Waals surface area contributed by atoms with Crippen molar-refractivity contribution in [3.63, 3.8) is 0 Å². The summed E-state index contributed by atoms with van der Waals surface area (Å²) in [5.41, 5.74) is 0. The predicted octanol–water partition coefficient (Wildman–Crippen LogP) is 6.72. The van der Waals surface area contributed by atoms with E-state index in [0.717, 1.165) is 25.7 Å². The minimum Gasteiger partial charge on any atom is -0.300 e. The lowest BCUT2D eigenvalue weighted by Gasteiger charge is -1.93. The molecule has 0 bridgehead atoms. The number of allylic oxidation sites excluding steroid dienone is 8. The van der Waals surface area contributed by atoms with Gasteiger partial charge in [0.25, 0.3) is 0 Å². The molecule has 1 nitrogen and oxygen atoms in total. The van der Waals surface area contributed by atoms with E-state index in [1.165, 1.54) is 32.1 Å². The van der Waals surface area contributed by atoms with Crippen LogP contribution in [-0.4, -0.2) is 5.78 Å². The van der Waals surface area contributed by atoms with Gasteiger partial charge in [-0.05, 0) is 45.4 Å². The molecule has 0 unspecified atom stereocenters. The van der Waals surface area contributed by atoms with E-state index >= 15 is 0 Å². The number of rotatable bonds is 14. The standard InChI is InChI=1S/C21H34O/c1-3-4-5-6-7-8-9-10-11-12-13-14-15-16-17-18-19-20-21(2)22/h8-9,11-12,14-15,17-18H,3-7,10,13,16,19-20H2,1-2H3/b9-8-,12-11-,15-14-,18-17-. The number of carbonyl (C=O) groups excluding carboxylic acids is 1. The summed E-state index contributed by atoms with van der Waals surface area (Å²) in [5.74, 6) is 0.264. The molecule has 0 aromatic carbocycles. The Hall–Kier alpha value is -1.37. The number of hydrogen-bond acceptors (Lipinski definition) is 1. The van der Waals surface area contributed by atoms with Gasteiger partial charge in [0, 0.05) is 6.42 Å². The van der Waals surface area contributed by atoms with Crippen molar-refractivity contribution < 1.29 is 4.79 Å². The average molecular weight is 303 g/mol. The zero-order valence-electron chi connectivity index (χ0n) is 14.6. The smallest absolute Gasteiger partial charge is 0.130 e. The maximum atomic E-state index is 10.7.